The number of thiocarbonyl (C=S) groups is 1. The predicted molar refractivity (Wildman–Crippen MR) is 87.6 cm³/mol. The minimum absolute atomic E-state index is 0.280. The number of rotatable bonds is 5. The lowest BCUT2D eigenvalue weighted by molar-refractivity contribution is 0.244. The van der Waals surface area contributed by atoms with E-state index in [2.05, 4.69) is 28.9 Å². The van der Waals surface area contributed by atoms with Gasteiger partial charge in [-0.25, -0.2) is 0 Å². The van der Waals surface area contributed by atoms with Gasteiger partial charge in [-0.1, -0.05) is 31.3 Å². The predicted octanol–water partition coefficient (Wildman–Crippen LogP) is 1.74. The summed E-state index contributed by atoms with van der Waals surface area (Å²) < 4.78 is 5.43. The van der Waals surface area contributed by atoms with Gasteiger partial charge in [0.25, 0.3) is 0 Å². The van der Waals surface area contributed by atoms with E-state index in [0.717, 1.165) is 38.5 Å². The lowest BCUT2D eigenvalue weighted by Crippen LogP contribution is -2.48. The Morgan fingerprint density at radius 3 is 2.55 bits per heavy atom. The summed E-state index contributed by atoms with van der Waals surface area (Å²) >= 11 is 5.04. The molecule has 5 heteroatoms. The summed E-state index contributed by atoms with van der Waals surface area (Å²) in [7, 11) is 1.72. The van der Waals surface area contributed by atoms with Gasteiger partial charge in [0.05, 0.1) is 17.8 Å². The summed E-state index contributed by atoms with van der Waals surface area (Å²) in [4.78, 5) is 5.41. The van der Waals surface area contributed by atoms with Gasteiger partial charge in [-0.05, 0) is 12.1 Å². The third-order valence-electron chi connectivity index (χ3n) is 3.82. The van der Waals surface area contributed by atoms with Gasteiger partial charge >= 0.3 is 0 Å². The molecule has 1 aromatic rings. The van der Waals surface area contributed by atoms with Gasteiger partial charge in [0, 0.05) is 38.6 Å². The molecule has 1 heterocycles. The van der Waals surface area contributed by atoms with Crippen LogP contribution in [0.25, 0.3) is 0 Å². The van der Waals surface area contributed by atoms with E-state index in [0.29, 0.717) is 4.99 Å². The van der Waals surface area contributed by atoms with Crippen molar-refractivity contribution in [2.75, 3.05) is 44.7 Å². The average molecular weight is 293 g/mol. The molecule has 1 unspecified atom stereocenters. The van der Waals surface area contributed by atoms with Crippen LogP contribution in [-0.2, 0) is 0 Å². The van der Waals surface area contributed by atoms with Crippen molar-refractivity contribution in [3.05, 3.63) is 24.3 Å². The number of anilines is 1. The molecule has 0 amide bonds. The van der Waals surface area contributed by atoms with Gasteiger partial charge in [0.2, 0.25) is 0 Å². The molecule has 1 atom stereocenters. The highest BCUT2D eigenvalue weighted by molar-refractivity contribution is 7.80. The second-order valence-corrected chi connectivity index (χ2v) is 5.73. The third kappa shape index (κ3) is 3.61. The number of ether oxygens (including phenoxy) is 1. The van der Waals surface area contributed by atoms with Crippen LogP contribution in [0.3, 0.4) is 0 Å². The molecule has 1 aromatic carbocycles. The minimum Gasteiger partial charge on any atom is -0.495 e. The standard InChI is InChI=1S/C15H23N3OS/c1-12(15(16)20)11-17-7-9-18(10-8-17)13-5-3-4-6-14(13)19-2/h3-6,12H,7-11H2,1-2H3,(H2,16,20). The fourth-order valence-corrected chi connectivity index (χ4v) is 2.61. The first-order chi connectivity index (χ1) is 9.61. The molecule has 1 aliphatic heterocycles. The van der Waals surface area contributed by atoms with E-state index in [9.17, 15) is 0 Å². The quantitative estimate of drug-likeness (QED) is 0.838. The first-order valence-corrected chi connectivity index (χ1v) is 7.42. The van der Waals surface area contributed by atoms with Crippen molar-refractivity contribution in [1.29, 1.82) is 0 Å². The smallest absolute Gasteiger partial charge is 0.142 e. The molecule has 0 saturated carbocycles. The van der Waals surface area contributed by atoms with E-state index in [-0.39, 0.29) is 5.92 Å². The molecule has 2 N–H and O–H groups in total. The Morgan fingerprint density at radius 1 is 1.30 bits per heavy atom. The maximum absolute atomic E-state index is 5.69. The van der Waals surface area contributed by atoms with Crippen LogP contribution in [0.15, 0.2) is 24.3 Å². The Bertz CT molecular complexity index is 458. The Kier molecular flexibility index (Phi) is 5.20. The Morgan fingerprint density at radius 2 is 1.95 bits per heavy atom. The summed E-state index contributed by atoms with van der Waals surface area (Å²) in [6.07, 6.45) is 0. The molecule has 110 valence electrons. The summed E-state index contributed by atoms with van der Waals surface area (Å²) in [6.45, 7) is 7.12. The SMILES string of the molecule is COc1ccccc1N1CCN(CC(C)C(N)=S)CC1. The molecule has 20 heavy (non-hydrogen) atoms. The molecule has 0 aliphatic carbocycles. The lowest BCUT2D eigenvalue weighted by atomic mass is 10.1. The summed E-state index contributed by atoms with van der Waals surface area (Å²) in [5.41, 5.74) is 6.87. The average Bonchev–Trinajstić information content (AvgIpc) is 2.48. The topological polar surface area (TPSA) is 41.7 Å². The van der Waals surface area contributed by atoms with E-state index < -0.39 is 0 Å². The molecule has 0 spiro atoms. The van der Waals surface area contributed by atoms with Crippen molar-refractivity contribution >= 4 is 22.9 Å². The van der Waals surface area contributed by atoms with E-state index in [1.807, 2.05) is 12.1 Å². The zero-order valence-electron chi connectivity index (χ0n) is 12.2. The van der Waals surface area contributed by atoms with Crippen LogP contribution in [0.1, 0.15) is 6.92 Å². The molecule has 0 radical (unpaired) electrons. The van der Waals surface area contributed by atoms with E-state index in [1.54, 1.807) is 7.11 Å². The zero-order valence-corrected chi connectivity index (χ0v) is 13.0. The molecule has 1 fully saturated rings. The molecular formula is C15H23N3OS. The second-order valence-electron chi connectivity index (χ2n) is 5.26. The maximum atomic E-state index is 5.69. The molecular weight excluding hydrogens is 270 g/mol. The van der Waals surface area contributed by atoms with E-state index >= 15 is 0 Å². The number of hydrogen-bond acceptors (Lipinski definition) is 4. The Labute approximate surface area is 126 Å². The molecule has 4 nitrogen and oxygen atoms in total. The number of methoxy groups -OCH3 is 1. The van der Waals surface area contributed by atoms with Crippen molar-refractivity contribution in [2.45, 2.75) is 6.92 Å². The van der Waals surface area contributed by atoms with Crippen molar-refractivity contribution in [2.24, 2.45) is 11.7 Å². The largest absolute Gasteiger partial charge is 0.495 e. The molecule has 1 saturated heterocycles. The minimum atomic E-state index is 0.280. The fourth-order valence-electron chi connectivity index (χ4n) is 2.54. The van der Waals surface area contributed by atoms with E-state index in [4.69, 9.17) is 22.7 Å². The molecule has 0 bridgehead atoms. The highest BCUT2D eigenvalue weighted by atomic mass is 32.1. The van der Waals surface area contributed by atoms with Crippen molar-refractivity contribution in [3.8, 4) is 5.75 Å². The number of nitrogens with two attached hydrogens (primary N) is 1. The van der Waals surface area contributed by atoms with Crippen LogP contribution >= 0.6 is 12.2 Å². The second kappa shape index (κ2) is 6.90. The lowest BCUT2D eigenvalue weighted by Gasteiger charge is -2.37. The fraction of sp³-hybridized carbons (Fsp3) is 0.533. The van der Waals surface area contributed by atoms with Crippen molar-refractivity contribution in [1.82, 2.24) is 4.90 Å². The monoisotopic (exact) mass is 293 g/mol. The highest BCUT2D eigenvalue weighted by Gasteiger charge is 2.21. The maximum Gasteiger partial charge on any atom is 0.142 e. The van der Waals surface area contributed by atoms with Crippen LogP contribution in [0.2, 0.25) is 0 Å². The van der Waals surface area contributed by atoms with Crippen molar-refractivity contribution < 1.29 is 4.74 Å². The van der Waals surface area contributed by atoms with Crippen LogP contribution in [0.4, 0.5) is 5.69 Å². The van der Waals surface area contributed by atoms with Gasteiger partial charge < -0.3 is 15.4 Å². The van der Waals surface area contributed by atoms with Crippen LogP contribution in [-0.4, -0.2) is 49.7 Å². The molecule has 2 rings (SSSR count). The first kappa shape index (κ1) is 15.1. The number of piperazine rings is 1. The number of hydrogen-bond donors (Lipinski definition) is 1. The van der Waals surface area contributed by atoms with Gasteiger partial charge in [-0.2, -0.15) is 0 Å². The van der Waals surface area contributed by atoms with Gasteiger partial charge in [-0.3, -0.25) is 4.90 Å². The van der Waals surface area contributed by atoms with Crippen LogP contribution in [0, 0.1) is 5.92 Å². The number of benzene rings is 1. The zero-order chi connectivity index (χ0) is 14.5. The summed E-state index contributed by atoms with van der Waals surface area (Å²) in [5, 5.41) is 0. The summed E-state index contributed by atoms with van der Waals surface area (Å²) in [6, 6.07) is 8.18. The van der Waals surface area contributed by atoms with E-state index in [1.165, 1.54) is 5.69 Å². The first-order valence-electron chi connectivity index (χ1n) is 7.01. The molecule has 0 aromatic heterocycles. The summed E-state index contributed by atoms with van der Waals surface area (Å²) in [5.74, 6) is 1.22. The Hall–Kier alpha value is -1.33. The third-order valence-corrected chi connectivity index (χ3v) is 4.22. The van der Waals surface area contributed by atoms with Gasteiger partial charge in [0.15, 0.2) is 0 Å². The van der Waals surface area contributed by atoms with Crippen LogP contribution in [0.5, 0.6) is 5.75 Å². The van der Waals surface area contributed by atoms with Gasteiger partial charge in [-0.15, -0.1) is 0 Å². The number of para-hydroxylation sites is 2. The van der Waals surface area contributed by atoms with Crippen molar-refractivity contribution in [3.63, 3.8) is 0 Å². The number of nitrogens with zero attached hydrogens (tertiary/aromatic N) is 2. The Balaban J connectivity index is 1.92. The highest BCUT2D eigenvalue weighted by Crippen LogP contribution is 2.28. The van der Waals surface area contributed by atoms with Gasteiger partial charge in [0.1, 0.15) is 5.75 Å². The normalized spacial score (nSPS) is 17.8. The van der Waals surface area contributed by atoms with Crippen LogP contribution < -0.4 is 15.4 Å². The molecule has 1 aliphatic rings.